The third-order valence-corrected chi connectivity index (χ3v) is 3.74. The molecule has 0 spiro atoms. The van der Waals surface area contributed by atoms with Gasteiger partial charge in [0.15, 0.2) is 0 Å². The molecular formula is C12H10N2O6S. The molecule has 1 heterocycles. The molecule has 1 atom stereocenters. The van der Waals surface area contributed by atoms with Gasteiger partial charge in [-0.15, -0.1) is 0 Å². The summed E-state index contributed by atoms with van der Waals surface area (Å²) in [6.45, 7) is 1.49. The van der Waals surface area contributed by atoms with Gasteiger partial charge in [0.1, 0.15) is 5.75 Å². The van der Waals surface area contributed by atoms with Crippen molar-refractivity contribution >= 4 is 22.7 Å². The number of hydrogen-bond donors (Lipinski definition) is 1. The largest absolute Gasteiger partial charge is 0.440 e. The number of hydrogen-bond acceptors (Lipinski definition) is 7. The molecule has 0 radical (unpaired) electrons. The van der Waals surface area contributed by atoms with Crippen molar-refractivity contribution in [2.75, 3.05) is 0 Å². The van der Waals surface area contributed by atoms with E-state index >= 15 is 0 Å². The lowest BCUT2D eigenvalue weighted by Gasteiger charge is -2.02. The summed E-state index contributed by atoms with van der Waals surface area (Å²) in [5.41, 5.74) is -0.359. The van der Waals surface area contributed by atoms with Crippen molar-refractivity contribution < 1.29 is 19.7 Å². The number of nitro benzene ring substituents is 1. The molecule has 1 N–H and O–H groups in total. The van der Waals surface area contributed by atoms with Gasteiger partial charge in [-0.2, -0.15) is 0 Å². The fourth-order valence-electron chi connectivity index (χ4n) is 1.53. The molecule has 2 aromatic rings. The average Bonchev–Trinajstić information content (AvgIpc) is 2.83. The van der Waals surface area contributed by atoms with Gasteiger partial charge in [-0.25, -0.2) is 0 Å². The van der Waals surface area contributed by atoms with Crippen LogP contribution in [-0.2, 0) is 0 Å². The number of ether oxygens (including phenoxy) is 1. The lowest BCUT2D eigenvalue weighted by Crippen LogP contribution is -1.90. The Labute approximate surface area is 122 Å². The summed E-state index contributed by atoms with van der Waals surface area (Å²) in [6, 6.07) is 6.43. The fraction of sp³-hybridized carbons (Fsp3) is 0.167. The molecule has 1 aromatic carbocycles. The van der Waals surface area contributed by atoms with Gasteiger partial charge in [0.25, 0.3) is 10.8 Å². The third-order valence-electron chi connectivity index (χ3n) is 2.57. The van der Waals surface area contributed by atoms with Gasteiger partial charge < -0.3 is 9.84 Å². The smallest absolute Gasteiger partial charge is 0.323 e. The molecule has 8 nitrogen and oxygen atoms in total. The Kier molecular flexibility index (Phi) is 4.15. The van der Waals surface area contributed by atoms with Gasteiger partial charge in [-0.1, -0.05) is 11.3 Å². The number of non-ortho nitro benzene ring substituents is 1. The van der Waals surface area contributed by atoms with Crippen molar-refractivity contribution in [1.82, 2.24) is 0 Å². The summed E-state index contributed by atoms with van der Waals surface area (Å²) in [4.78, 5) is 20.7. The normalized spacial score (nSPS) is 11.9. The van der Waals surface area contributed by atoms with E-state index in [0.29, 0.717) is 4.88 Å². The number of aliphatic hydroxyl groups excluding tert-OH is 1. The maximum absolute atomic E-state index is 11.0. The molecule has 21 heavy (non-hydrogen) atoms. The van der Waals surface area contributed by atoms with Crippen LogP contribution in [0.25, 0.3) is 0 Å². The SMILES string of the molecule is CC(O)c1cc([N+](=O)[O-])c(Oc2ccc([N+](=O)[O-])cc2)s1. The summed E-state index contributed by atoms with van der Waals surface area (Å²) in [5.74, 6) is 0.239. The first kappa shape index (κ1) is 14.9. The highest BCUT2D eigenvalue weighted by Gasteiger charge is 2.23. The topological polar surface area (TPSA) is 116 Å². The van der Waals surface area contributed by atoms with E-state index in [2.05, 4.69) is 0 Å². The van der Waals surface area contributed by atoms with E-state index in [1.807, 2.05) is 0 Å². The van der Waals surface area contributed by atoms with Crippen LogP contribution in [0.2, 0.25) is 0 Å². The molecule has 0 aliphatic heterocycles. The lowest BCUT2D eigenvalue weighted by molar-refractivity contribution is -0.385. The zero-order valence-corrected chi connectivity index (χ0v) is 11.6. The van der Waals surface area contributed by atoms with E-state index < -0.39 is 16.0 Å². The molecule has 0 saturated carbocycles. The summed E-state index contributed by atoms with van der Waals surface area (Å²) in [5, 5.41) is 31.0. The number of nitro groups is 2. The second kappa shape index (κ2) is 5.85. The monoisotopic (exact) mass is 310 g/mol. The van der Waals surface area contributed by atoms with Crippen molar-refractivity contribution in [1.29, 1.82) is 0 Å². The lowest BCUT2D eigenvalue weighted by atomic mass is 10.3. The van der Waals surface area contributed by atoms with E-state index in [1.165, 1.54) is 37.3 Å². The molecule has 0 fully saturated rings. The summed E-state index contributed by atoms with van der Waals surface area (Å²) in [6.07, 6.45) is -0.845. The second-order valence-electron chi connectivity index (χ2n) is 4.11. The Hall–Kier alpha value is -2.52. The molecule has 2 rings (SSSR count). The Bertz CT molecular complexity index is 680. The van der Waals surface area contributed by atoms with E-state index in [1.54, 1.807) is 0 Å². The molecule has 0 amide bonds. The molecule has 0 aliphatic rings. The number of aliphatic hydroxyl groups is 1. The number of nitrogens with zero attached hydrogens (tertiary/aromatic N) is 2. The first-order valence-corrected chi connectivity index (χ1v) is 6.58. The minimum absolute atomic E-state index is 0.0183. The maximum atomic E-state index is 11.0. The van der Waals surface area contributed by atoms with E-state index in [-0.39, 0.29) is 22.2 Å². The Balaban J connectivity index is 2.29. The highest BCUT2D eigenvalue weighted by atomic mass is 32.1. The van der Waals surface area contributed by atoms with Gasteiger partial charge in [-0.3, -0.25) is 20.2 Å². The van der Waals surface area contributed by atoms with Crippen LogP contribution in [-0.4, -0.2) is 15.0 Å². The van der Waals surface area contributed by atoms with Crippen molar-refractivity contribution in [2.24, 2.45) is 0 Å². The molecular weight excluding hydrogens is 300 g/mol. The first-order valence-electron chi connectivity index (χ1n) is 5.77. The van der Waals surface area contributed by atoms with E-state index in [9.17, 15) is 25.3 Å². The van der Waals surface area contributed by atoms with Crippen molar-refractivity contribution in [2.45, 2.75) is 13.0 Å². The van der Waals surface area contributed by atoms with Crippen LogP contribution in [0, 0.1) is 20.2 Å². The summed E-state index contributed by atoms with van der Waals surface area (Å²) < 4.78 is 5.38. The minimum Gasteiger partial charge on any atom is -0.440 e. The van der Waals surface area contributed by atoms with Gasteiger partial charge >= 0.3 is 5.69 Å². The highest BCUT2D eigenvalue weighted by molar-refractivity contribution is 7.14. The van der Waals surface area contributed by atoms with Crippen LogP contribution < -0.4 is 4.74 Å². The third kappa shape index (κ3) is 3.33. The Morgan fingerprint density at radius 3 is 2.29 bits per heavy atom. The van der Waals surface area contributed by atoms with Crippen molar-refractivity contribution in [3.63, 3.8) is 0 Å². The number of rotatable bonds is 5. The van der Waals surface area contributed by atoms with Crippen LogP contribution in [0.3, 0.4) is 0 Å². The molecule has 0 saturated heterocycles. The fourth-order valence-corrected chi connectivity index (χ4v) is 2.46. The molecule has 1 aromatic heterocycles. The summed E-state index contributed by atoms with van der Waals surface area (Å²) in [7, 11) is 0. The standard InChI is InChI=1S/C12H10N2O6S/c1-7(15)11-6-10(14(18)19)12(21-11)20-9-4-2-8(3-5-9)13(16)17/h2-7,15H,1H3. The zero-order chi connectivity index (χ0) is 15.6. The van der Waals surface area contributed by atoms with Gasteiger partial charge in [-0.05, 0) is 19.1 Å². The van der Waals surface area contributed by atoms with Crippen molar-refractivity contribution in [3.8, 4) is 10.8 Å². The zero-order valence-electron chi connectivity index (χ0n) is 10.8. The van der Waals surface area contributed by atoms with E-state index in [4.69, 9.17) is 4.74 Å². The summed E-state index contributed by atoms with van der Waals surface area (Å²) >= 11 is 0.954. The molecule has 0 aliphatic carbocycles. The molecule has 9 heteroatoms. The van der Waals surface area contributed by atoms with E-state index in [0.717, 1.165) is 11.3 Å². The van der Waals surface area contributed by atoms with Gasteiger partial charge in [0, 0.05) is 23.1 Å². The van der Waals surface area contributed by atoms with Gasteiger partial charge in [0.05, 0.1) is 16.0 Å². The predicted octanol–water partition coefficient (Wildman–Crippen LogP) is 3.41. The number of benzene rings is 1. The van der Waals surface area contributed by atoms with Crippen LogP contribution in [0.4, 0.5) is 11.4 Å². The molecule has 1 unspecified atom stereocenters. The number of thiophene rings is 1. The van der Waals surface area contributed by atoms with Crippen molar-refractivity contribution in [3.05, 3.63) is 55.4 Å². The Morgan fingerprint density at radius 2 is 1.81 bits per heavy atom. The van der Waals surface area contributed by atoms with Crippen LogP contribution in [0.5, 0.6) is 10.8 Å². The van der Waals surface area contributed by atoms with Gasteiger partial charge in [0.2, 0.25) is 0 Å². The Morgan fingerprint density at radius 1 is 1.19 bits per heavy atom. The van der Waals surface area contributed by atoms with Crippen LogP contribution in [0.15, 0.2) is 30.3 Å². The molecule has 110 valence electrons. The quantitative estimate of drug-likeness (QED) is 0.668. The second-order valence-corrected chi connectivity index (χ2v) is 5.15. The average molecular weight is 310 g/mol. The maximum Gasteiger partial charge on any atom is 0.323 e. The van der Waals surface area contributed by atoms with Crippen LogP contribution in [0.1, 0.15) is 17.9 Å². The minimum atomic E-state index is -0.845. The van der Waals surface area contributed by atoms with Crippen LogP contribution >= 0.6 is 11.3 Å². The first-order chi connectivity index (χ1) is 9.88. The predicted molar refractivity (Wildman–Crippen MR) is 74.8 cm³/mol. The highest BCUT2D eigenvalue weighted by Crippen LogP contribution is 2.42. The molecule has 0 bridgehead atoms.